The minimum absolute atomic E-state index is 0.186. The summed E-state index contributed by atoms with van der Waals surface area (Å²) in [5.41, 5.74) is 0.522. The summed E-state index contributed by atoms with van der Waals surface area (Å²) in [7, 11) is 3.01. The summed E-state index contributed by atoms with van der Waals surface area (Å²) in [6.07, 6.45) is 0. The number of aryl methyl sites for hydroxylation is 1. The Kier molecular flexibility index (Phi) is 5.08. The second-order valence-corrected chi connectivity index (χ2v) is 5.81. The Hall–Kier alpha value is -1.73. The highest BCUT2D eigenvalue weighted by molar-refractivity contribution is 7.11. The van der Waals surface area contributed by atoms with Gasteiger partial charge in [-0.15, -0.1) is 21.5 Å². The van der Waals surface area contributed by atoms with Crippen LogP contribution in [0.15, 0.2) is 12.1 Å². The van der Waals surface area contributed by atoms with Crippen LogP contribution in [-0.2, 0) is 6.54 Å². The Morgan fingerprint density at radius 3 is 2.48 bits per heavy atom. The third kappa shape index (κ3) is 3.68. The topological polar surface area (TPSA) is 56.3 Å². The first kappa shape index (κ1) is 15.7. The van der Waals surface area contributed by atoms with Gasteiger partial charge in [0.25, 0.3) is 0 Å². The first-order valence-electron chi connectivity index (χ1n) is 6.49. The van der Waals surface area contributed by atoms with E-state index in [-0.39, 0.29) is 11.9 Å². The average molecular weight is 311 g/mol. The SMILES string of the molecule is COc1cc(F)c(C(C)NCc2nnc(C)s2)cc1OC. The summed E-state index contributed by atoms with van der Waals surface area (Å²) in [4.78, 5) is 0. The minimum Gasteiger partial charge on any atom is -0.493 e. The van der Waals surface area contributed by atoms with Crippen LogP contribution in [0, 0.1) is 12.7 Å². The van der Waals surface area contributed by atoms with Crippen molar-refractivity contribution in [2.75, 3.05) is 14.2 Å². The van der Waals surface area contributed by atoms with Crippen LogP contribution < -0.4 is 14.8 Å². The van der Waals surface area contributed by atoms with Crippen molar-refractivity contribution in [2.45, 2.75) is 26.4 Å². The molecule has 2 rings (SSSR count). The number of benzene rings is 1. The van der Waals surface area contributed by atoms with Gasteiger partial charge in [-0.3, -0.25) is 0 Å². The van der Waals surface area contributed by atoms with Crippen molar-refractivity contribution in [3.8, 4) is 11.5 Å². The minimum atomic E-state index is -0.332. The van der Waals surface area contributed by atoms with E-state index < -0.39 is 0 Å². The monoisotopic (exact) mass is 311 g/mol. The molecular formula is C14H18FN3O2S. The summed E-state index contributed by atoms with van der Waals surface area (Å²) in [6, 6.07) is 2.80. The van der Waals surface area contributed by atoms with Gasteiger partial charge in [0.1, 0.15) is 15.8 Å². The van der Waals surface area contributed by atoms with Gasteiger partial charge in [-0.25, -0.2) is 4.39 Å². The molecule has 1 atom stereocenters. The lowest BCUT2D eigenvalue weighted by molar-refractivity contribution is 0.350. The van der Waals surface area contributed by atoms with Crippen LogP contribution in [0.25, 0.3) is 0 Å². The molecule has 0 aliphatic rings. The summed E-state index contributed by atoms with van der Waals surface area (Å²) in [6.45, 7) is 4.33. The van der Waals surface area contributed by atoms with Crippen LogP contribution in [0.1, 0.15) is 28.5 Å². The van der Waals surface area contributed by atoms with Gasteiger partial charge in [0.15, 0.2) is 11.5 Å². The highest BCUT2D eigenvalue weighted by Crippen LogP contribution is 2.32. The van der Waals surface area contributed by atoms with Crippen molar-refractivity contribution >= 4 is 11.3 Å². The fraction of sp³-hybridized carbons (Fsp3) is 0.429. The van der Waals surface area contributed by atoms with Crippen molar-refractivity contribution in [3.63, 3.8) is 0 Å². The molecule has 5 nitrogen and oxygen atoms in total. The molecule has 0 bridgehead atoms. The van der Waals surface area contributed by atoms with E-state index in [1.54, 1.807) is 6.07 Å². The number of ether oxygens (including phenoxy) is 2. The Bertz CT molecular complexity index is 618. The molecule has 0 saturated heterocycles. The highest BCUT2D eigenvalue weighted by Gasteiger charge is 2.16. The largest absolute Gasteiger partial charge is 0.493 e. The van der Waals surface area contributed by atoms with Gasteiger partial charge in [-0.2, -0.15) is 0 Å². The number of halogens is 1. The van der Waals surface area contributed by atoms with E-state index in [2.05, 4.69) is 15.5 Å². The number of rotatable bonds is 6. The first-order chi connectivity index (χ1) is 10.0. The predicted molar refractivity (Wildman–Crippen MR) is 79.4 cm³/mol. The smallest absolute Gasteiger partial charge is 0.163 e. The van der Waals surface area contributed by atoms with Crippen molar-refractivity contribution in [2.24, 2.45) is 0 Å². The number of hydrogen-bond acceptors (Lipinski definition) is 6. The van der Waals surface area contributed by atoms with Gasteiger partial charge < -0.3 is 14.8 Å². The molecule has 1 aromatic heterocycles. The highest BCUT2D eigenvalue weighted by atomic mass is 32.1. The molecule has 0 amide bonds. The zero-order valence-corrected chi connectivity index (χ0v) is 13.3. The standard InChI is InChI=1S/C14H18FN3O2S/c1-8(16-7-14-18-17-9(2)21-14)10-5-12(19-3)13(20-4)6-11(10)15/h5-6,8,16H,7H2,1-4H3. The van der Waals surface area contributed by atoms with Crippen LogP contribution in [0.2, 0.25) is 0 Å². The molecule has 2 aromatic rings. The molecule has 1 aromatic carbocycles. The molecule has 7 heteroatoms. The second kappa shape index (κ2) is 6.82. The maximum atomic E-state index is 14.1. The Morgan fingerprint density at radius 2 is 1.90 bits per heavy atom. The van der Waals surface area contributed by atoms with Crippen LogP contribution in [0.5, 0.6) is 11.5 Å². The summed E-state index contributed by atoms with van der Waals surface area (Å²) in [5.74, 6) is 0.557. The fourth-order valence-electron chi connectivity index (χ4n) is 1.96. The second-order valence-electron chi connectivity index (χ2n) is 4.55. The van der Waals surface area contributed by atoms with Crippen molar-refractivity contribution in [1.29, 1.82) is 0 Å². The van der Waals surface area contributed by atoms with Gasteiger partial charge in [0.05, 0.1) is 20.8 Å². The van der Waals surface area contributed by atoms with Gasteiger partial charge in [-0.05, 0) is 19.9 Å². The Balaban J connectivity index is 2.12. The van der Waals surface area contributed by atoms with Crippen molar-refractivity contribution < 1.29 is 13.9 Å². The molecule has 0 spiro atoms. The van der Waals surface area contributed by atoms with Crippen LogP contribution in [0.3, 0.4) is 0 Å². The molecule has 0 radical (unpaired) electrons. The van der Waals surface area contributed by atoms with E-state index in [1.807, 2.05) is 13.8 Å². The van der Waals surface area contributed by atoms with E-state index >= 15 is 0 Å². The molecule has 1 N–H and O–H groups in total. The molecule has 0 aliphatic heterocycles. The molecular weight excluding hydrogens is 293 g/mol. The number of aromatic nitrogens is 2. The number of nitrogens with one attached hydrogen (secondary N) is 1. The maximum Gasteiger partial charge on any atom is 0.163 e. The summed E-state index contributed by atoms with van der Waals surface area (Å²) in [5, 5.41) is 13.0. The Morgan fingerprint density at radius 1 is 1.24 bits per heavy atom. The zero-order valence-electron chi connectivity index (χ0n) is 12.4. The molecule has 1 unspecified atom stereocenters. The first-order valence-corrected chi connectivity index (χ1v) is 7.30. The third-order valence-electron chi connectivity index (χ3n) is 3.10. The number of nitrogens with zero attached hydrogens (tertiary/aromatic N) is 2. The van der Waals surface area contributed by atoms with E-state index in [1.165, 1.54) is 31.6 Å². The maximum absolute atomic E-state index is 14.1. The van der Waals surface area contributed by atoms with Crippen LogP contribution >= 0.6 is 11.3 Å². The molecule has 0 saturated carbocycles. The molecule has 0 fully saturated rings. The predicted octanol–water partition coefficient (Wildman–Crippen LogP) is 2.85. The van der Waals surface area contributed by atoms with E-state index in [4.69, 9.17) is 9.47 Å². The lowest BCUT2D eigenvalue weighted by Gasteiger charge is -2.16. The molecule has 0 aliphatic carbocycles. The van der Waals surface area contributed by atoms with Crippen molar-refractivity contribution in [1.82, 2.24) is 15.5 Å². The van der Waals surface area contributed by atoms with E-state index in [9.17, 15) is 4.39 Å². The summed E-state index contributed by atoms with van der Waals surface area (Å²) >= 11 is 1.52. The van der Waals surface area contributed by atoms with Crippen LogP contribution in [0.4, 0.5) is 4.39 Å². The van der Waals surface area contributed by atoms with Gasteiger partial charge >= 0.3 is 0 Å². The van der Waals surface area contributed by atoms with Gasteiger partial charge in [0, 0.05) is 17.7 Å². The molecule has 1 heterocycles. The van der Waals surface area contributed by atoms with Gasteiger partial charge in [0.2, 0.25) is 0 Å². The van der Waals surface area contributed by atoms with Crippen molar-refractivity contribution in [3.05, 3.63) is 33.5 Å². The zero-order chi connectivity index (χ0) is 15.4. The molecule has 114 valence electrons. The number of hydrogen-bond donors (Lipinski definition) is 1. The Labute approximate surface area is 127 Å². The normalized spacial score (nSPS) is 12.2. The molecule has 21 heavy (non-hydrogen) atoms. The van der Waals surface area contributed by atoms with Crippen LogP contribution in [-0.4, -0.2) is 24.4 Å². The van der Waals surface area contributed by atoms with Gasteiger partial charge in [-0.1, -0.05) is 0 Å². The lowest BCUT2D eigenvalue weighted by atomic mass is 10.1. The average Bonchev–Trinajstić information content (AvgIpc) is 2.90. The quantitative estimate of drug-likeness (QED) is 0.889. The fourth-order valence-corrected chi connectivity index (χ4v) is 2.62. The lowest BCUT2D eigenvalue weighted by Crippen LogP contribution is -2.19. The number of methoxy groups -OCH3 is 2. The third-order valence-corrected chi connectivity index (χ3v) is 3.94. The summed E-state index contributed by atoms with van der Waals surface area (Å²) < 4.78 is 24.4. The van der Waals surface area contributed by atoms with E-state index in [0.717, 1.165) is 10.0 Å². The van der Waals surface area contributed by atoms with E-state index in [0.29, 0.717) is 23.6 Å².